The lowest BCUT2D eigenvalue weighted by Crippen LogP contribution is -2.43. The van der Waals surface area contributed by atoms with E-state index < -0.39 is 0 Å². The van der Waals surface area contributed by atoms with E-state index in [1.807, 2.05) is 24.3 Å². The third-order valence-corrected chi connectivity index (χ3v) is 3.93. The molecule has 0 radical (unpaired) electrons. The van der Waals surface area contributed by atoms with Gasteiger partial charge in [-0.3, -0.25) is 4.79 Å². The Morgan fingerprint density at radius 3 is 2.57 bits per heavy atom. The summed E-state index contributed by atoms with van der Waals surface area (Å²) in [5.74, 6) is 1.70. The maximum Gasteiger partial charge on any atom is 0.241 e. The first-order valence-corrected chi connectivity index (χ1v) is 7.58. The Labute approximate surface area is 132 Å². The predicted molar refractivity (Wildman–Crippen MR) is 86.2 cm³/mol. The highest BCUT2D eigenvalue weighted by Gasteiger charge is 2.22. The quantitative estimate of drug-likeness (QED) is 0.879. The average Bonchev–Trinajstić information content (AvgIpc) is 3.32. The van der Waals surface area contributed by atoms with E-state index >= 15 is 0 Å². The van der Waals surface area contributed by atoms with E-state index in [4.69, 9.17) is 4.74 Å². The van der Waals surface area contributed by atoms with Gasteiger partial charge in [-0.25, -0.2) is 0 Å². The molecule has 1 aromatic rings. The van der Waals surface area contributed by atoms with E-state index in [2.05, 4.69) is 10.6 Å². The second kappa shape index (κ2) is 7.66. The van der Waals surface area contributed by atoms with Crippen molar-refractivity contribution in [3.63, 3.8) is 0 Å². The van der Waals surface area contributed by atoms with Crippen LogP contribution in [0.25, 0.3) is 0 Å². The predicted octanol–water partition coefficient (Wildman–Crippen LogP) is 2.98. The molecule has 1 heterocycles. The molecule has 1 atom stereocenters. The van der Waals surface area contributed by atoms with Crippen LogP contribution < -0.4 is 15.4 Å². The molecule has 3 rings (SSSR count). The summed E-state index contributed by atoms with van der Waals surface area (Å²) in [5.41, 5.74) is 0.834. The Bertz CT molecular complexity index is 454. The van der Waals surface area contributed by atoms with Crippen LogP contribution in [0, 0.1) is 5.92 Å². The van der Waals surface area contributed by atoms with Gasteiger partial charge in [-0.1, -0.05) is 6.42 Å². The van der Waals surface area contributed by atoms with Gasteiger partial charge in [-0.05, 0) is 62.4 Å². The van der Waals surface area contributed by atoms with Crippen LogP contribution in [0.5, 0.6) is 5.75 Å². The normalized spacial score (nSPS) is 21.2. The van der Waals surface area contributed by atoms with Crippen molar-refractivity contribution in [2.24, 2.45) is 5.92 Å². The fourth-order valence-corrected chi connectivity index (χ4v) is 2.44. The van der Waals surface area contributed by atoms with Crippen molar-refractivity contribution in [3.05, 3.63) is 24.3 Å². The van der Waals surface area contributed by atoms with Gasteiger partial charge >= 0.3 is 0 Å². The smallest absolute Gasteiger partial charge is 0.241 e. The topological polar surface area (TPSA) is 50.4 Å². The lowest BCUT2D eigenvalue weighted by molar-refractivity contribution is -0.118. The second-order valence-corrected chi connectivity index (χ2v) is 5.77. The van der Waals surface area contributed by atoms with Crippen molar-refractivity contribution < 1.29 is 9.53 Å². The minimum absolute atomic E-state index is 0. The Morgan fingerprint density at radius 2 is 1.95 bits per heavy atom. The molecule has 1 saturated carbocycles. The zero-order chi connectivity index (χ0) is 13.8. The second-order valence-electron chi connectivity index (χ2n) is 5.77. The zero-order valence-electron chi connectivity index (χ0n) is 12.1. The summed E-state index contributed by atoms with van der Waals surface area (Å²) in [4.78, 5) is 12.1. The molecular formula is C16H23ClN2O2. The lowest BCUT2D eigenvalue weighted by Gasteiger charge is -2.22. The van der Waals surface area contributed by atoms with E-state index in [0.717, 1.165) is 49.8 Å². The summed E-state index contributed by atoms with van der Waals surface area (Å²) in [5, 5.41) is 6.21. The Balaban J connectivity index is 0.00000161. The summed E-state index contributed by atoms with van der Waals surface area (Å²) in [7, 11) is 0. The number of carbonyl (C=O) groups excluding carboxylic acids is 1. The highest BCUT2D eigenvalue weighted by atomic mass is 35.5. The van der Waals surface area contributed by atoms with Gasteiger partial charge in [0.15, 0.2) is 0 Å². The number of benzene rings is 1. The van der Waals surface area contributed by atoms with Crippen LogP contribution >= 0.6 is 12.4 Å². The minimum Gasteiger partial charge on any atom is -0.493 e. The van der Waals surface area contributed by atoms with Crippen LogP contribution in [0.4, 0.5) is 5.69 Å². The van der Waals surface area contributed by atoms with Gasteiger partial charge in [0, 0.05) is 5.69 Å². The number of hydrogen-bond donors (Lipinski definition) is 2. The van der Waals surface area contributed by atoms with E-state index in [0.29, 0.717) is 0 Å². The summed E-state index contributed by atoms with van der Waals surface area (Å²) >= 11 is 0. The number of rotatable bonds is 5. The fraction of sp³-hybridized carbons (Fsp3) is 0.562. The van der Waals surface area contributed by atoms with Gasteiger partial charge < -0.3 is 15.4 Å². The highest BCUT2D eigenvalue weighted by Crippen LogP contribution is 2.29. The molecule has 1 aliphatic heterocycles. The van der Waals surface area contributed by atoms with Gasteiger partial charge in [-0.15, -0.1) is 12.4 Å². The van der Waals surface area contributed by atoms with Gasteiger partial charge in [-0.2, -0.15) is 0 Å². The average molecular weight is 311 g/mol. The summed E-state index contributed by atoms with van der Waals surface area (Å²) in [6, 6.07) is 7.61. The van der Waals surface area contributed by atoms with Crippen LogP contribution in [0.2, 0.25) is 0 Å². The number of nitrogens with one attached hydrogen (secondary N) is 2. The summed E-state index contributed by atoms with van der Waals surface area (Å²) in [6.45, 7) is 1.75. The molecule has 5 heteroatoms. The van der Waals surface area contributed by atoms with Gasteiger partial charge in [0.1, 0.15) is 5.75 Å². The monoisotopic (exact) mass is 310 g/mol. The molecule has 0 aromatic heterocycles. The third kappa shape index (κ3) is 4.90. The van der Waals surface area contributed by atoms with Crippen molar-refractivity contribution in [2.75, 3.05) is 18.5 Å². The number of carbonyl (C=O) groups is 1. The Morgan fingerprint density at radius 1 is 1.19 bits per heavy atom. The molecule has 1 aromatic carbocycles. The van der Waals surface area contributed by atoms with Crippen molar-refractivity contribution in [3.8, 4) is 5.75 Å². The number of piperidine rings is 1. The molecule has 0 bridgehead atoms. The molecule has 1 amide bonds. The molecule has 2 N–H and O–H groups in total. The maximum absolute atomic E-state index is 12.1. The molecular weight excluding hydrogens is 288 g/mol. The van der Waals surface area contributed by atoms with Crippen molar-refractivity contribution in [1.82, 2.24) is 5.32 Å². The number of ether oxygens (including phenoxy) is 1. The third-order valence-electron chi connectivity index (χ3n) is 3.93. The minimum atomic E-state index is -0.0467. The van der Waals surface area contributed by atoms with Gasteiger partial charge in [0.2, 0.25) is 5.91 Å². The number of amides is 1. The lowest BCUT2D eigenvalue weighted by atomic mass is 10.0. The largest absolute Gasteiger partial charge is 0.493 e. The first-order chi connectivity index (χ1) is 9.81. The molecule has 116 valence electrons. The van der Waals surface area contributed by atoms with E-state index in [9.17, 15) is 4.79 Å². The standard InChI is InChI=1S/C16H22N2O2.ClH/c19-16(15-3-1-2-10-17-15)18-13-6-8-14(9-7-13)20-11-12-4-5-12;/h6-9,12,15,17H,1-5,10-11H2,(H,18,19);1H. The summed E-state index contributed by atoms with van der Waals surface area (Å²) in [6.07, 6.45) is 5.80. The first-order valence-electron chi connectivity index (χ1n) is 7.58. The first kappa shape index (κ1) is 16.1. The highest BCUT2D eigenvalue weighted by molar-refractivity contribution is 5.94. The van der Waals surface area contributed by atoms with Crippen LogP contribution in [-0.2, 0) is 4.79 Å². The SMILES string of the molecule is Cl.O=C(Nc1ccc(OCC2CC2)cc1)C1CCCCN1. The number of hydrogen-bond acceptors (Lipinski definition) is 3. The van der Waals surface area contributed by atoms with Crippen molar-refractivity contribution in [2.45, 2.75) is 38.1 Å². The molecule has 2 fully saturated rings. The molecule has 1 unspecified atom stereocenters. The van der Waals surface area contributed by atoms with Crippen LogP contribution in [0.1, 0.15) is 32.1 Å². The number of anilines is 1. The molecule has 1 aliphatic carbocycles. The molecule has 0 spiro atoms. The zero-order valence-corrected chi connectivity index (χ0v) is 13.0. The molecule has 1 saturated heterocycles. The number of halogens is 1. The van der Waals surface area contributed by atoms with Gasteiger partial charge in [0.25, 0.3) is 0 Å². The van der Waals surface area contributed by atoms with E-state index in [1.165, 1.54) is 12.8 Å². The molecule has 21 heavy (non-hydrogen) atoms. The summed E-state index contributed by atoms with van der Waals surface area (Å²) < 4.78 is 5.68. The molecule has 4 nitrogen and oxygen atoms in total. The van der Waals surface area contributed by atoms with Gasteiger partial charge in [0.05, 0.1) is 12.6 Å². The van der Waals surface area contributed by atoms with E-state index in [1.54, 1.807) is 0 Å². The Hall–Kier alpha value is -1.26. The van der Waals surface area contributed by atoms with Crippen molar-refractivity contribution >= 4 is 24.0 Å². The Kier molecular flexibility index (Phi) is 5.88. The van der Waals surface area contributed by atoms with Crippen LogP contribution in [0.3, 0.4) is 0 Å². The fourth-order valence-electron chi connectivity index (χ4n) is 2.44. The van der Waals surface area contributed by atoms with Crippen LogP contribution in [-0.4, -0.2) is 25.1 Å². The maximum atomic E-state index is 12.1. The van der Waals surface area contributed by atoms with Crippen LogP contribution in [0.15, 0.2) is 24.3 Å². The molecule has 2 aliphatic rings. The van der Waals surface area contributed by atoms with E-state index in [-0.39, 0.29) is 24.4 Å². The van der Waals surface area contributed by atoms with Crippen molar-refractivity contribution in [1.29, 1.82) is 0 Å².